The second-order valence-corrected chi connectivity index (χ2v) is 6.71. The molecule has 2 rings (SSSR count). The van der Waals surface area contributed by atoms with Gasteiger partial charge in [-0.1, -0.05) is 25.1 Å². The third kappa shape index (κ3) is 4.61. The first-order valence-electron chi connectivity index (χ1n) is 7.47. The van der Waals surface area contributed by atoms with E-state index in [0.717, 1.165) is 42.2 Å². The monoisotopic (exact) mass is 306 g/mol. The summed E-state index contributed by atoms with van der Waals surface area (Å²) in [6, 6.07) is 7.07. The molecule has 1 atom stereocenters. The average molecular weight is 306 g/mol. The van der Waals surface area contributed by atoms with Crippen molar-refractivity contribution >= 4 is 11.3 Å². The van der Waals surface area contributed by atoms with Gasteiger partial charge in [-0.15, -0.1) is 11.3 Å². The Hall–Kier alpha value is -1.26. The van der Waals surface area contributed by atoms with E-state index in [9.17, 15) is 4.39 Å². The van der Waals surface area contributed by atoms with Crippen LogP contribution in [0.2, 0.25) is 0 Å². The minimum absolute atomic E-state index is 0.106. The van der Waals surface area contributed by atoms with E-state index in [2.05, 4.69) is 24.1 Å². The first kappa shape index (κ1) is 16.1. The van der Waals surface area contributed by atoms with Crippen molar-refractivity contribution in [2.24, 2.45) is 5.92 Å². The van der Waals surface area contributed by atoms with Gasteiger partial charge in [0.25, 0.3) is 0 Å². The molecule has 114 valence electrons. The lowest BCUT2D eigenvalue weighted by molar-refractivity contribution is 0.466. The second kappa shape index (κ2) is 7.66. The fraction of sp³-hybridized carbons (Fsp3) is 0.471. The van der Waals surface area contributed by atoms with Crippen molar-refractivity contribution in [1.82, 2.24) is 10.3 Å². The van der Waals surface area contributed by atoms with E-state index >= 15 is 0 Å². The molecule has 0 amide bonds. The number of hydrogen-bond acceptors (Lipinski definition) is 3. The van der Waals surface area contributed by atoms with Crippen LogP contribution >= 0.6 is 11.3 Å². The first-order chi connectivity index (χ1) is 10.1. The van der Waals surface area contributed by atoms with Gasteiger partial charge >= 0.3 is 0 Å². The highest BCUT2D eigenvalue weighted by Gasteiger charge is 2.15. The van der Waals surface area contributed by atoms with Crippen molar-refractivity contribution in [3.63, 3.8) is 0 Å². The Morgan fingerprint density at radius 3 is 2.62 bits per heavy atom. The zero-order chi connectivity index (χ0) is 15.2. The van der Waals surface area contributed by atoms with E-state index in [1.807, 2.05) is 19.1 Å². The molecule has 0 aliphatic rings. The summed E-state index contributed by atoms with van der Waals surface area (Å²) < 4.78 is 13.8. The van der Waals surface area contributed by atoms with Gasteiger partial charge in [0.05, 0.1) is 10.7 Å². The maximum atomic E-state index is 13.8. The van der Waals surface area contributed by atoms with E-state index in [0.29, 0.717) is 5.92 Å². The number of aryl methyl sites for hydroxylation is 2. The molecule has 4 heteroatoms. The zero-order valence-corrected chi connectivity index (χ0v) is 13.8. The van der Waals surface area contributed by atoms with Gasteiger partial charge in [0, 0.05) is 11.3 Å². The number of thiazole rings is 1. The smallest absolute Gasteiger partial charge is 0.126 e. The van der Waals surface area contributed by atoms with Crippen LogP contribution in [-0.4, -0.2) is 18.1 Å². The number of rotatable bonds is 7. The highest BCUT2D eigenvalue weighted by Crippen LogP contribution is 2.22. The third-order valence-electron chi connectivity index (χ3n) is 3.69. The largest absolute Gasteiger partial charge is 0.317 e. The number of nitrogens with zero attached hydrogens (tertiary/aromatic N) is 1. The van der Waals surface area contributed by atoms with Gasteiger partial charge in [0.1, 0.15) is 5.82 Å². The van der Waals surface area contributed by atoms with Crippen LogP contribution in [0.4, 0.5) is 4.39 Å². The highest BCUT2D eigenvalue weighted by molar-refractivity contribution is 7.11. The average Bonchev–Trinajstić information content (AvgIpc) is 2.77. The van der Waals surface area contributed by atoms with Crippen LogP contribution in [0.5, 0.6) is 0 Å². The molecule has 1 N–H and O–H groups in total. The Morgan fingerprint density at radius 1 is 1.24 bits per heavy atom. The van der Waals surface area contributed by atoms with Gasteiger partial charge in [-0.25, -0.2) is 9.37 Å². The topological polar surface area (TPSA) is 24.9 Å². The molecule has 0 spiro atoms. The summed E-state index contributed by atoms with van der Waals surface area (Å²) in [5.74, 6) is 0.261. The number of hydrogen-bond donors (Lipinski definition) is 1. The molecular formula is C17H23FN2S. The lowest BCUT2D eigenvalue weighted by Gasteiger charge is -2.16. The van der Waals surface area contributed by atoms with Gasteiger partial charge in [-0.3, -0.25) is 0 Å². The van der Waals surface area contributed by atoms with Crippen molar-refractivity contribution in [3.05, 3.63) is 51.2 Å². The molecule has 2 nitrogen and oxygen atoms in total. The Morgan fingerprint density at radius 2 is 2.00 bits per heavy atom. The summed E-state index contributed by atoms with van der Waals surface area (Å²) in [5, 5.41) is 4.54. The minimum atomic E-state index is -0.106. The molecule has 1 unspecified atom stereocenters. The van der Waals surface area contributed by atoms with Crippen LogP contribution in [0.1, 0.15) is 28.1 Å². The maximum Gasteiger partial charge on any atom is 0.126 e. The van der Waals surface area contributed by atoms with E-state index in [1.54, 1.807) is 17.4 Å². The number of benzene rings is 1. The predicted molar refractivity (Wildman–Crippen MR) is 87.4 cm³/mol. The van der Waals surface area contributed by atoms with Crippen LogP contribution < -0.4 is 5.32 Å². The summed E-state index contributed by atoms with van der Waals surface area (Å²) >= 11 is 1.76. The van der Waals surface area contributed by atoms with Crippen LogP contribution in [0.25, 0.3) is 0 Å². The molecule has 1 heterocycles. The fourth-order valence-corrected chi connectivity index (χ4v) is 3.46. The molecule has 1 aromatic heterocycles. The van der Waals surface area contributed by atoms with E-state index in [-0.39, 0.29) is 5.82 Å². The molecule has 2 aromatic rings. The summed E-state index contributed by atoms with van der Waals surface area (Å²) in [4.78, 5) is 5.90. The molecular weight excluding hydrogens is 283 g/mol. The van der Waals surface area contributed by atoms with Crippen LogP contribution in [0.15, 0.2) is 24.3 Å². The Bertz CT molecular complexity index is 560. The molecule has 21 heavy (non-hydrogen) atoms. The van der Waals surface area contributed by atoms with Crippen LogP contribution in [0, 0.1) is 25.6 Å². The summed E-state index contributed by atoms with van der Waals surface area (Å²) in [5.41, 5.74) is 1.91. The van der Waals surface area contributed by atoms with Gasteiger partial charge in [0.2, 0.25) is 0 Å². The van der Waals surface area contributed by atoms with Gasteiger partial charge < -0.3 is 5.32 Å². The number of aromatic nitrogens is 1. The van der Waals surface area contributed by atoms with E-state index in [1.165, 1.54) is 10.9 Å². The van der Waals surface area contributed by atoms with Crippen molar-refractivity contribution in [1.29, 1.82) is 0 Å². The molecule has 0 aliphatic carbocycles. The lowest BCUT2D eigenvalue weighted by Crippen LogP contribution is -2.26. The van der Waals surface area contributed by atoms with Crippen LogP contribution in [0.3, 0.4) is 0 Å². The molecule has 1 aromatic carbocycles. The Labute approximate surface area is 130 Å². The van der Waals surface area contributed by atoms with E-state index < -0.39 is 0 Å². The van der Waals surface area contributed by atoms with E-state index in [4.69, 9.17) is 0 Å². The Kier molecular flexibility index (Phi) is 5.88. The maximum absolute atomic E-state index is 13.8. The Balaban J connectivity index is 2.08. The SMILES string of the molecule is CCNCC(Cc1nc(C)c(C)s1)Cc1ccccc1F. The molecule has 0 saturated carbocycles. The molecule has 0 saturated heterocycles. The molecule has 0 fully saturated rings. The van der Waals surface area contributed by atoms with Gasteiger partial charge in [-0.05, 0) is 50.9 Å². The minimum Gasteiger partial charge on any atom is -0.317 e. The second-order valence-electron chi connectivity index (χ2n) is 5.42. The van der Waals surface area contributed by atoms with Crippen molar-refractivity contribution < 1.29 is 4.39 Å². The normalized spacial score (nSPS) is 12.6. The van der Waals surface area contributed by atoms with Crippen molar-refractivity contribution in [3.8, 4) is 0 Å². The fourth-order valence-electron chi connectivity index (χ4n) is 2.41. The standard InChI is InChI=1S/C17H23FN2S/c1-4-19-11-14(9-15-7-5-6-8-16(15)18)10-17-20-12(2)13(3)21-17/h5-8,14,19H,4,9-11H2,1-3H3. The first-order valence-corrected chi connectivity index (χ1v) is 8.28. The zero-order valence-electron chi connectivity index (χ0n) is 12.9. The van der Waals surface area contributed by atoms with Crippen LogP contribution in [-0.2, 0) is 12.8 Å². The third-order valence-corrected chi connectivity index (χ3v) is 4.78. The summed E-state index contributed by atoms with van der Waals surface area (Å²) in [6.07, 6.45) is 1.65. The lowest BCUT2D eigenvalue weighted by atomic mass is 9.96. The summed E-state index contributed by atoms with van der Waals surface area (Å²) in [7, 11) is 0. The quantitative estimate of drug-likeness (QED) is 0.839. The number of halogens is 1. The predicted octanol–water partition coefficient (Wildman–Crippen LogP) is 3.91. The number of nitrogens with one attached hydrogen (secondary N) is 1. The highest BCUT2D eigenvalue weighted by atomic mass is 32.1. The summed E-state index contributed by atoms with van der Waals surface area (Å²) in [6.45, 7) is 8.07. The molecule has 0 bridgehead atoms. The molecule has 0 aliphatic heterocycles. The van der Waals surface area contributed by atoms with Crippen molar-refractivity contribution in [2.75, 3.05) is 13.1 Å². The van der Waals surface area contributed by atoms with Crippen molar-refractivity contribution in [2.45, 2.75) is 33.6 Å². The molecule has 0 radical (unpaired) electrons. The van der Waals surface area contributed by atoms with Gasteiger partial charge in [0.15, 0.2) is 0 Å². The van der Waals surface area contributed by atoms with Gasteiger partial charge in [-0.2, -0.15) is 0 Å².